The molecule has 6 nitrogen and oxygen atoms in total. The number of ether oxygens (including phenoxy) is 1. The third-order valence-corrected chi connectivity index (χ3v) is 4.42. The molecule has 0 spiro atoms. The van der Waals surface area contributed by atoms with Crippen LogP contribution in [0.1, 0.15) is 25.3 Å². The molecular formula is C19H29N3O3. The van der Waals surface area contributed by atoms with E-state index in [-0.39, 0.29) is 17.9 Å². The highest BCUT2D eigenvalue weighted by Gasteiger charge is 2.23. The Morgan fingerprint density at radius 1 is 1.24 bits per heavy atom. The molecule has 0 bridgehead atoms. The van der Waals surface area contributed by atoms with Crippen LogP contribution in [0.15, 0.2) is 30.3 Å². The van der Waals surface area contributed by atoms with Gasteiger partial charge in [0.15, 0.2) is 0 Å². The number of nitrogens with one attached hydrogen (secondary N) is 1. The van der Waals surface area contributed by atoms with Gasteiger partial charge in [-0.25, -0.2) is 0 Å². The van der Waals surface area contributed by atoms with Gasteiger partial charge >= 0.3 is 0 Å². The van der Waals surface area contributed by atoms with Crippen LogP contribution in [0.3, 0.4) is 0 Å². The fraction of sp³-hybridized carbons (Fsp3) is 0.579. The van der Waals surface area contributed by atoms with E-state index in [0.29, 0.717) is 13.2 Å². The summed E-state index contributed by atoms with van der Waals surface area (Å²) in [4.78, 5) is 27.5. The van der Waals surface area contributed by atoms with E-state index in [4.69, 9.17) is 4.74 Å². The third kappa shape index (κ3) is 6.48. The van der Waals surface area contributed by atoms with Crippen LogP contribution >= 0.6 is 0 Å². The molecule has 1 N–H and O–H groups in total. The van der Waals surface area contributed by atoms with Gasteiger partial charge in [-0.05, 0) is 25.3 Å². The molecule has 138 valence electrons. The minimum absolute atomic E-state index is 0.0960. The van der Waals surface area contributed by atoms with Crippen LogP contribution in [0, 0.1) is 0 Å². The smallest absolute Gasteiger partial charge is 0.244 e. The number of likely N-dealkylation sites (tertiary alicyclic amines) is 1. The third-order valence-electron chi connectivity index (χ3n) is 4.42. The highest BCUT2D eigenvalue weighted by molar-refractivity contribution is 5.87. The van der Waals surface area contributed by atoms with Crippen molar-refractivity contribution in [1.29, 1.82) is 0 Å². The molecule has 1 aromatic carbocycles. The zero-order valence-electron chi connectivity index (χ0n) is 15.4. The predicted molar refractivity (Wildman–Crippen MR) is 97.0 cm³/mol. The molecule has 1 heterocycles. The minimum atomic E-state index is -0.491. The number of rotatable bonds is 7. The maximum atomic E-state index is 12.1. The van der Waals surface area contributed by atoms with Gasteiger partial charge in [0.2, 0.25) is 11.8 Å². The summed E-state index contributed by atoms with van der Waals surface area (Å²) >= 11 is 0. The van der Waals surface area contributed by atoms with Gasteiger partial charge in [-0.1, -0.05) is 30.3 Å². The zero-order chi connectivity index (χ0) is 18.2. The summed E-state index contributed by atoms with van der Waals surface area (Å²) in [6.45, 7) is 4.35. The second-order valence-corrected chi connectivity index (χ2v) is 6.79. The monoisotopic (exact) mass is 347 g/mol. The first-order valence-corrected chi connectivity index (χ1v) is 8.84. The number of amides is 2. The number of nitrogens with zero attached hydrogens (tertiary/aromatic N) is 2. The SMILES string of the molecule is CC(NC(=O)CN1CCC(OCc2ccccc2)CC1)C(=O)N(C)C. The molecule has 0 aromatic heterocycles. The summed E-state index contributed by atoms with van der Waals surface area (Å²) in [5.74, 6) is -0.201. The minimum Gasteiger partial charge on any atom is -0.373 e. The van der Waals surface area contributed by atoms with E-state index < -0.39 is 6.04 Å². The van der Waals surface area contributed by atoms with Crippen LogP contribution in [-0.4, -0.2) is 67.5 Å². The molecule has 1 aliphatic rings. The Labute approximate surface area is 150 Å². The maximum Gasteiger partial charge on any atom is 0.244 e. The first kappa shape index (κ1) is 19.4. The fourth-order valence-corrected chi connectivity index (χ4v) is 2.96. The highest BCUT2D eigenvalue weighted by Crippen LogP contribution is 2.15. The lowest BCUT2D eigenvalue weighted by atomic mass is 10.1. The molecule has 1 atom stereocenters. The van der Waals surface area contributed by atoms with Crippen LogP contribution < -0.4 is 5.32 Å². The van der Waals surface area contributed by atoms with Gasteiger partial charge in [-0.2, -0.15) is 0 Å². The number of hydrogen-bond donors (Lipinski definition) is 1. The maximum absolute atomic E-state index is 12.1. The van der Waals surface area contributed by atoms with E-state index in [2.05, 4.69) is 22.3 Å². The van der Waals surface area contributed by atoms with E-state index in [9.17, 15) is 9.59 Å². The Bertz CT molecular complexity index is 554. The van der Waals surface area contributed by atoms with Crippen LogP contribution in [0.2, 0.25) is 0 Å². The van der Waals surface area contributed by atoms with E-state index in [1.54, 1.807) is 21.0 Å². The average Bonchev–Trinajstić information content (AvgIpc) is 2.61. The topological polar surface area (TPSA) is 61.9 Å². The van der Waals surface area contributed by atoms with Crippen molar-refractivity contribution in [2.75, 3.05) is 33.7 Å². The summed E-state index contributed by atoms with van der Waals surface area (Å²) in [5.41, 5.74) is 1.18. The zero-order valence-corrected chi connectivity index (χ0v) is 15.4. The second-order valence-electron chi connectivity index (χ2n) is 6.79. The molecule has 1 unspecified atom stereocenters. The van der Waals surface area contributed by atoms with Gasteiger partial charge < -0.3 is 15.0 Å². The standard InChI is InChI=1S/C19H29N3O3/c1-15(19(24)21(2)3)20-18(23)13-22-11-9-17(10-12-22)25-14-16-7-5-4-6-8-16/h4-8,15,17H,9-14H2,1-3H3,(H,20,23). The van der Waals surface area contributed by atoms with E-state index in [1.165, 1.54) is 10.5 Å². The molecular weight excluding hydrogens is 318 g/mol. The van der Waals surface area contributed by atoms with Crippen molar-refractivity contribution in [2.24, 2.45) is 0 Å². The first-order chi connectivity index (χ1) is 12.0. The normalized spacial score (nSPS) is 17.1. The highest BCUT2D eigenvalue weighted by atomic mass is 16.5. The Hall–Kier alpha value is -1.92. The molecule has 6 heteroatoms. The van der Waals surface area contributed by atoms with Crippen molar-refractivity contribution < 1.29 is 14.3 Å². The van der Waals surface area contributed by atoms with Gasteiger partial charge in [-0.3, -0.25) is 14.5 Å². The molecule has 1 aliphatic heterocycles. The lowest BCUT2D eigenvalue weighted by molar-refractivity contribution is -0.134. The van der Waals surface area contributed by atoms with Gasteiger partial charge in [0.25, 0.3) is 0 Å². The first-order valence-electron chi connectivity index (χ1n) is 8.84. The van der Waals surface area contributed by atoms with Gasteiger partial charge in [0, 0.05) is 27.2 Å². The van der Waals surface area contributed by atoms with Crippen molar-refractivity contribution in [3.05, 3.63) is 35.9 Å². The van der Waals surface area contributed by atoms with Crippen molar-refractivity contribution in [1.82, 2.24) is 15.1 Å². The van der Waals surface area contributed by atoms with Crippen LogP contribution in [0.5, 0.6) is 0 Å². The summed E-state index contributed by atoms with van der Waals surface area (Å²) in [6, 6.07) is 9.67. The number of piperidine rings is 1. The molecule has 2 amide bonds. The molecule has 2 rings (SSSR count). The van der Waals surface area contributed by atoms with E-state index in [1.807, 2.05) is 18.2 Å². The average molecular weight is 347 g/mol. The second kappa shape index (κ2) is 9.53. The van der Waals surface area contributed by atoms with E-state index >= 15 is 0 Å². The molecule has 0 radical (unpaired) electrons. The number of hydrogen-bond acceptors (Lipinski definition) is 4. The molecule has 1 saturated heterocycles. The Morgan fingerprint density at radius 3 is 2.48 bits per heavy atom. The molecule has 0 aliphatic carbocycles. The molecule has 1 fully saturated rings. The predicted octanol–water partition coefficient (Wildman–Crippen LogP) is 1.26. The van der Waals surface area contributed by atoms with Crippen molar-refractivity contribution in [3.63, 3.8) is 0 Å². The Morgan fingerprint density at radius 2 is 1.88 bits per heavy atom. The molecule has 0 saturated carbocycles. The van der Waals surface area contributed by atoms with Crippen molar-refractivity contribution in [3.8, 4) is 0 Å². The summed E-state index contributed by atoms with van der Waals surface area (Å²) in [5, 5.41) is 2.76. The van der Waals surface area contributed by atoms with Gasteiger partial charge in [0.1, 0.15) is 6.04 Å². The quantitative estimate of drug-likeness (QED) is 0.807. The fourth-order valence-electron chi connectivity index (χ4n) is 2.96. The largest absolute Gasteiger partial charge is 0.373 e. The van der Waals surface area contributed by atoms with Gasteiger partial charge in [0.05, 0.1) is 19.3 Å². The van der Waals surface area contributed by atoms with Crippen LogP contribution in [-0.2, 0) is 20.9 Å². The number of carbonyl (C=O) groups excluding carboxylic acids is 2. The summed E-state index contributed by atoms with van der Waals surface area (Å²) in [7, 11) is 3.37. The van der Waals surface area contributed by atoms with E-state index in [0.717, 1.165) is 25.9 Å². The number of benzene rings is 1. The van der Waals surface area contributed by atoms with Crippen LogP contribution in [0.25, 0.3) is 0 Å². The summed E-state index contributed by atoms with van der Waals surface area (Å²) < 4.78 is 5.97. The van der Waals surface area contributed by atoms with Gasteiger partial charge in [-0.15, -0.1) is 0 Å². The summed E-state index contributed by atoms with van der Waals surface area (Å²) in [6.07, 6.45) is 2.09. The van der Waals surface area contributed by atoms with Crippen molar-refractivity contribution >= 4 is 11.8 Å². The van der Waals surface area contributed by atoms with Crippen LogP contribution in [0.4, 0.5) is 0 Å². The lowest BCUT2D eigenvalue weighted by Crippen LogP contribution is -2.49. The molecule has 1 aromatic rings. The number of likely N-dealkylation sites (N-methyl/N-ethyl adjacent to an activating group) is 1. The Kier molecular flexibility index (Phi) is 7.40. The van der Waals surface area contributed by atoms with Crippen molar-refractivity contribution in [2.45, 2.75) is 38.5 Å². The molecule has 25 heavy (non-hydrogen) atoms. The number of carbonyl (C=O) groups is 2. The lowest BCUT2D eigenvalue weighted by Gasteiger charge is -2.31. The Balaban J connectivity index is 1.66.